The van der Waals surface area contributed by atoms with Crippen molar-refractivity contribution in [3.8, 4) is 5.75 Å². The van der Waals surface area contributed by atoms with Crippen molar-refractivity contribution < 1.29 is 24.2 Å². The monoisotopic (exact) mass is 279 g/mol. The van der Waals surface area contributed by atoms with Crippen molar-refractivity contribution in [2.24, 2.45) is 5.92 Å². The third-order valence-electron chi connectivity index (χ3n) is 3.15. The molecular formula is C14H17NO5. The van der Waals surface area contributed by atoms with Gasteiger partial charge in [-0.3, -0.25) is 4.79 Å². The molecule has 1 saturated carbocycles. The van der Waals surface area contributed by atoms with Gasteiger partial charge in [-0.05, 0) is 25.5 Å². The number of methoxy groups -OCH3 is 1. The molecule has 0 spiro atoms. The summed E-state index contributed by atoms with van der Waals surface area (Å²) >= 11 is 0. The molecule has 2 rings (SSSR count). The molecule has 1 fully saturated rings. The van der Waals surface area contributed by atoms with E-state index in [4.69, 9.17) is 14.6 Å². The van der Waals surface area contributed by atoms with Crippen LogP contribution in [0.5, 0.6) is 5.75 Å². The van der Waals surface area contributed by atoms with Crippen molar-refractivity contribution in [3.05, 3.63) is 23.8 Å². The van der Waals surface area contributed by atoms with Crippen LogP contribution in [0.3, 0.4) is 0 Å². The van der Waals surface area contributed by atoms with E-state index in [0.717, 1.165) is 6.42 Å². The SMILES string of the molecule is CCOC1CC1C(=O)Nc1ccc(C(=O)O)c(OC)c1. The zero-order valence-corrected chi connectivity index (χ0v) is 11.4. The van der Waals surface area contributed by atoms with Crippen LogP contribution in [0.25, 0.3) is 0 Å². The maximum absolute atomic E-state index is 11.9. The number of anilines is 1. The number of ether oxygens (including phenoxy) is 2. The van der Waals surface area contributed by atoms with Gasteiger partial charge in [-0.25, -0.2) is 4.79 Å². The molecular weight excluding hydrogens is 262 g/mol. The smallest absolute Gasteiger partial charge is 0.339 e. The van der Waals surface area contributed by atoms with E-state index in [1.54, 1.807) is 6.07 Å². The van der Waals surface area contributed by atoms with E-state index in [2.05, 4.69) is 5.32 Å². The summed E-state index contributed by atoms with van der Waals surface area (Å²) in [6, 6.07) is 4.45. The minimum atomic E-state index is -1.07. The second kappa shape index (κ2) is 5.92. The number of amides is 1. The Balaban J connectivity index is 2.03. The van der Waals surface area contributed by atoms with Gasteiger partial charge < -0.3 is 19.9 Å². The van der Waals surface area contributed by atoms with Crippen molar-refractivity contribution in [2.45, 2.75) is 19.4 Å². The van der Waals surface area contributed by atoms with Gasteiger partial charge in [0, 0.05) is 18.4 Å². The van der Waals surface area contributed by atoms with Crippen molar-refractivity contribution in [3.63, 3.8) is 0 Å². The quantitative estimate of drug-likeness (QED) is 0.828. The summed E-state index contributed by atoms with van der Waals surface area (Å²) in [7, 11) is 1.39. The van der Waals surface area contributed by atoms with Crippen LogP contribution in [-0.2, 0) is 9.53 Å². The van der Waals surface area contributed by atoms with Gasteiger partial charge >= 0.3 is 5.97 Å². The lowest BCUT2D eigenvalue weighted by atomic mass is 10.2. The Labute approximate surface area is 116 Å². The molecule has 6 heteroatoms. The fourth-order valence-electron chi connectivity index (χ4n) is 2.03. The van der Waals surface area contributed by atoms with E-state index in [-0.39, 0.29) is 29.2 Å². The van der Waals surface area contributed by atoms with Gasteiger partial charge in [0.15, 0.2) is 0 Å². The molecule has 2 N–H and O–H groups in total. The Hall–Kier alpha value is -2.08. The minimum Gasteiger partial charge on any atom is -0.496 e. The molecule has 0 bridgehead atoms. The Morgan fingerprint density at radius 3 is 2.80 bits per heavy atom. The number of carbonyl (C=O) groups is 2. The van der Waals surface area contributed by atoms with E-state index < -0.39 is 5.97 Å². The Bertz CT molecular complexity index is 528. The van der Waals surface area contributed by atoms with Gasteiger partial charge in [0.05, 0.1) is 19.1 Å². The van der Waals surface area contributed by atoms with Crippen molar-refractivity contribution in [2.75, 3.05) is 19.0 Å². The first kappa shape index (κ1) is 14.3. The number of rotatable bonds is 6. The van der Waals surface area contributed by atoms with E-state index in [0.29, 0.717) is 12.3 Å². The average molecular weight is 279 g/mol. The predicted molar refractivity (Wildman–Crippen MR) is 72.1 cm³/mol. The second-order valence-electron chi connectivity index (χ2n) is 4.55. The summed E-state index contributed by atoms with van der Waals surface area (Å²) in [6.07, 6.45) is 0.726. The lowest BCUT2D eigenvalue weighted by molar-refractivity contribution is -0.118. The summed E-state index contributed by atoms with van der Waals surface area (Å²) in [5.74, 6) is -1.10. The summed E-state index contributed by atoms with van der Waals surface area (Å²) in [4.78, 5) is 22.9. The van der Waals surface area contributed by atoms with E-state index in [1.165, 1.54) is 19.2 Å². The summed E-state index contributed by atoms with van der Waals surface area (Å²) < 4.78 is 10.4. The maximum Gasteiger partial charge on any atom is 0.339 e. The molecule has 0 saturated heterocycles. The molecule has 1 aromatic rings. The molecule has 0 radical (unpaired) electrons. The first-order valence-corrected chi connectivity index (χ1v) is 6.40. The van der Waals surface area contributed by atoms with Crippen LogP contribution in [-0.4, -0.2) is 36.8 Å². The first-order valence-electron chi connectivity index (χ1n) is 6.40. The second-order valence-corrected chi connectivity index (χ2v) is 4.55. The average Bonchev–Trinajstić information content (AvgIpc) is 3.18. The van der Waals surface area contributed by atoms with Gasteiger partial charge in [0.2, 0.25) is 5.91 Å². The largest absolute Gasteiger partial charge is 0.496 e. The molecule has 1 amide bonds. The third kappa shape index (κ3) is 3.08. The summed E-state index contributed by atoms with van der Waals surface area (Å²) in [5, 5.41) is 11.7. The number of nitrogens with one attached hydrogen (secondary N) is 1. The molecule has 1 aliphatic carbocycles. The van der Waals surface area contributed by atoms with E-state index in [1.807, 2.05) is 6.92 Å². The number of hydrogen-bond donors (Lipinski definition) is 2. The highest BCUT2D eigenvalue weighted by atomic mass is 16.5. The van der Waals surface area contributed by atoms with E-state index in [9.17, 15) is 9.59 Å². The maximum atomic E-state index is 11.9. The fourth-order valence-corrected chi connectivity index (χ4v) is 2.03. The minimum absolute atomic E-state index is 0.000174. The standard InChI is InChI=1S/C14H17NO5/c1-3-20-12-7-10(12)13(16)15-8-4-5-9(14(17)18)11(6-8)19-2/h4-6,10,12H,3,7H2,1-2H3,(H,15,16)(H,17,18). The zero-order valence-electron chi connectivity index (χ0n) is 11.4. The van der Waals surface area contributed by atoms with E-state index >= 15 is 0 Å². The molecule has 1 aromatic carbocycles. The van der Waals surface area contributed by atoms with Crippen molar-refractivity contribution in [1.29, 1.82) is 0 Å². The van der Waals surface area contributed by atoms with Crippen LogP contribution in [0.2, 0.25) is 0 Å². The molecule has 0 aromatic heterocycles. The number of aromatic carboxylic acids is 1. The van der Waals surface area contributed by atoms with Crippen LogP contribution >= 0.6 is 0 Å². The zero-order chi connectivity index (χ0) is 14.7. The van der Waals surface area contributed by atoms with Crippen LogP contribution in [0, 0.1) is 5.92 Å². The van der Waals surface area contributed by atoms with Crippen molar-refractivity contribution in [1.82, 2.24) is 0 Å². The highest BCUT2D eigenvalue weighted by molar-refractivity contribution is 5.96. The molecule has 6 nitrogen and oxygen atoms in total. The first-order chi connectivity index (χ1) is 9.56. The Kier molecular flexibility index (Phi) is 4.24. The molecule has 108 valence electrons. The number of hydrogen-bond acceptors (Lipinski definition) is 4. The summed E-state index contributed by atoms with van der Waals surface area (Å²) in [6.45, 7) is 2.48. The van der Waals surface area contributed by atoms with Gasteiger partial charge in [0.1, 0.15) is 11.3 Å². The predicted octanol–water partition coefficient (Wildman–Crippen LogP) is 1.76. The van der Waals surface area contributed by atoms with Gasteiger partial charge in [-0.1, -0.05) is 0 Å². The van der Waals surface area contributed by atoms with Crippen molar-refractivity contribution >= 4 is 17.6 Å². The van der Waals surface area contributed by atoms with Gasteiger partial charge in [-0.2, -0.15) is 0 Å². The number of carboxylic acid groups (broad SMARTS) is 1. The topological polar surface area (TPSA) is 84.9 Å². The fraction of sp³-hybridized carbons (Fsp3) is 0.429. The van der Waals surface area contributed by atoms with Crippen LogP contribution in [0.15, 0.2) is 18.2 Å². The number of carbonyl (C=O) groups excluding carboxylic acids is 1. The van der Waals surface area contributed by atoms with Crippen LogP contribution in [0.4, 0.5) is 5.69 Å². The van der Waals surface area contributed by atoms with Crippen LogP contribution in [0.1, 0.15) is 23.7 Å². The van der Waals surface area contributed by atoms with Gasteiger partial charge in [-0.15, -0.1) is 0 Å². The Morgan fingerprint density at radius 2 is 2.20 bits per heavy atom. The highest BCUT2D eigenvalue weighted by Crippen LogP contribution is 2.35. The molecule has 0 aliphatic heterocycles. The van der Waals surface area contributed by atoms with Crippen LogP contribution < -0.4 is 10.1 Å². The number of benzene rings is 1. The Morgan fingerprint density at radius 1 is 1.45 bits per heavy atom. The molecule has 2 unspecified atom stereocenters. The summed E-state index contributed by atoms with van der Waals surface area (Å²) in [5.41, 5.74) is 0.572. The highest BCUT2D eigenvalue weighted by Gasteiger charge is 2.43. The lowest BCUT2D eigenvalue weighted by Gasteiger charge is -2.09. The lowest BCUT2D eigenvalue weighted by Crippen LogP contribution is -2.17. The third-order valence-corrected chi connectivity index (χ3v) is 3.15. The molecule has 1 aliphatic rings. The normalized spacial score (nSPS) is 20.3. The van der Waals surface area contributed by atoms with Gasteiger partial charge in [0.25, 0.3) is 0 Å². The molecule has 20 heavy (non-hydrogen) atoms. The molecule has 0 heterocycles. The number of carboxylic acids is 1. The molecule has 2 atom stereocenters.